The highest BCUT2D eigenvalue weighted by atomic mass is 15.5. The molecule has 0 saturated carbocycles. The Bertz CT molecular complexity index is 157. The van der Waals surface area contributed by atoms with Crippen LogP contribution in [-0.2, 0) is 0 Å². The van der Waals surface area contributed by atoms with Crippen LogP contribution in [0.3, 0.4) is 0 Å². The highest BCUT2D eigenvalue weighted by Crippen LogP contribution is 1.95. The Morgan fingerprint density at radius 1 is 1.89 bits per heavy atom. The minimum absolute atomic E-state index is 0.595. The molecule has 0 aromatic carbocycles. The maximum absolute atomic E-state index is 5.44. The van der Waals surface area contributed by atoms with Crippen LogP contribution in [0, 0.1) is 0 Å². The minimum Gasteiger partial charge on any atom is -0.279 e. The van der Waals surface area contributed by atoms with Crippen molar-refractivity contribution in [3.8, 4) is 0 Å². The molecule has 5 nitrogen and oxygen atoms in total. The van der Waals surface area contributed by atoms with E-state index in [4.69, 9.17) is 5.84 Å². The summed E-state index contributed by atoms with van der Waals surface area (Å²) in [7, 11) is 0. The molecule has 0 radical (unpaired) electrons. The zero-order valence-corrected chi connectivity index (χ0v) is 5.20. The quantitative estimate of drug-likeness (QED) is 0.415. The first-order valence-electron chi connectivity index (χ1n) is 2.72. The number of H-pyrrole nitrogens is 1. The van der Waals surface area contributed by atoms with E-state index in [9.17, 15) is 0 Å². The molecule has 0 atom stereocenters. The molecular formula is C4H9N5. The number of hydrazine groups is 1. The first kappa shape index (κ1) is 6.03. The predicted octanol–water partition coefficient (Wildman–Crippen LogP) is -0.495. The lowest BCUT2D eigenvalue weighted by Crippen LogP contribution is -2.31. The highest BCUT2D eigenvalue weighted by Gasteiger charge is 1.97. The van der Waals surface area contributed by atoms with Crippen LogP contribution in [0.25, 0.3) is 0 Å². The Morgan fingerprint density at radius 3 is 3.11 bits per heavy atom. The predicted molar refractivity (Wildman–Crippen MR) is 33.6 cm³/mol. The van der Waals surface area contributed by atoms with Crippen LogP contribution < -0.4 is 10.9 Å². The van der Waals surface area contributed by atoms with Crippen molar-refractivity contribution in [2.75, 3.05) is 11.6 Å². The molecule has 1 aromatic heterocycles. The minimum atomic E-state index is 0.595. The molecule has 1 rings (SSSR count). The zero-order chi connectivity index (χ0) is 6.69. The number of hydrogen-bond donors (Lipinski definition) is 2. The Hall–Kier alpha value is -1.10. The van der Waals surface area contributed by atoms with E-state index in [2.05, 4.69) is 15.2 Å². The van der Waals surface area contributed by atoms with Crippen molar-refractivity contribution in [1.82, 2.24) is 15.2 Å². The van der Waals surface area contributed by atoms with Crippen molar-refractivity contribution < 1.29 is 0 Å². The summed E-state index contributed by atoms with van der Waals surface area (Å²) in [6.45, 7) is 2.65. The third kappa shape index (κ3) is 1.17. The van der Waals surface area contributed by atoms with E-state index in [0.29, 0.717) is 5.95 Å². The monoisotopic (exact) mass is 127 g/mol. The molecule has 1 aromatic rings. The molecular weight excluding hydrogens is 118 g/mol. The van der Waals surface area contributed by atoms with Gasteiger partial charge in [-0.2, -0.15) is 10.1 Å². The summed E-state index contributed by atoms with van der Waals surface area (Å²) in [5, 5.41) is 7.74. The van der Waals surface area contributed by atoms with E-state index in [1.165, 1.54) is 11.3 Å². The average molecular weight is 127 g/mol. The number of aromatic nitrogens is 3. The van der Waals surface area contributed by atoms with E-state index in [1.807, 2.05) is 6.92 Å². The fourth-order valence-corrected chi connectivity index (χ4v) is 0.487. The van der Waals surface area contributed by atoms with Gasteiger partial charge in [0.1, 0.15) is 6.33 Å². The Labute approximate surface area is 52.8 Å². The van der Waals surface area contributed by atoms with Gasteiger partial charge in [-0.15, -0.1) is 0 Å². The molecule has 9 heavy (non-hydrogen) atoms. The lowest BCUT2D eigenvalue weighted by atomic mass is 10.7. The van der Waals surface area contributed by atoms with Gasteiger partial charge in [-0.25, -0.2) is 10.9 Å². The molecule has 3 N–H and O–H groups in total. The number of nitrogens with one attached hydrogen (secondary N) is 1. The fourth-order valence-electron chi connectivity index (χ4n) is 0.487. The summed E-state index contributed by atoms with van der Waals surface area (Å²) >= 11 is 0. The zero-order valence-electron chi connectivity index (χ0n) is 5.20. The summed E-state index contributed by atoms with van der Waals surface area (Å²) in [5.74, 6) is 6.03. The second kappa shape index (κ2) is 2.45. The van der Waals surface area contributed by atoms with Crippen molar-refractivity contribution in [3.63, 3.8) is 0 Å². The van der Waals surface area contributed by atoms with E-state index < -0.39 is 0 Å². The molecule has 0 aliphatic carbocycles. The molecule has 0 spiro atoms. The van der Waals surface area contributed by atoms with Crippen LogP contribution in [0.5, 0.6) is 0 Å². The average Bonchev–Trinajstić information content (AvgIpc) is 2.37. The van der Waals surface area contributed by atoms with E-state index in [0.717, 1.165) is 6.54 Å². The second-order valence-electron chi connectivity index (χ2n) is 1.60. The molecule has 5 heteroatoms. The fraction of sp³-hybridized carbons (Fsp3) is 0.500. The van der Waals surface area contributed by atoms with Gasteiger partial charge in [-0.3, -0.25) is 5.01 Å². The number of anilines is 1. The summed E-state index contributed by atoms with van der Waals surface area (Å²) in [4.78, 5) is 3.82. The van der Waals surface area contributed by atoms with Gasteiger partial charge in [0.15, 0.2) is 0 Å². The summed E-state index contributed by atoms with van der Waals surface area (Å²) in [6.07, 6.45) is 1.42. The molecule has 50 valence electrons. The van der Waals surface area contributed by atoms with Gasteiger partial charge in [0, 0.05) is 6.54 Å². The van der Waals surface area contributed by atoms with Crippen molar-refractivity contribution in [2.24, 2.45) is 5.84 Å². The van der Waals surface area contributed by atoms with E-state index in [-0.39, 0.29) is 0 Å². The summed E-state index contributed by atoms with van der Waals surface area (Å²) in [6, 6.07) is 0. The SMILES string of the molecule is CCN(N)c1ncn[nH]1. The van der Waals surface area contributed by atoms with Crippen LogP contribution >= 0.6 is 0 Å². The molecule has 1 heterocycles. The van der Waals surface area contributed by atoms with Gasteiger partial charge in [-0.05, 0) is 6.92 Å². The second-order valence-corrected chi connectivity index (χ2v) is 1.60. The largest absolute Gasteiger partial charge is 0.279 e. The topological polar surface area (TPSA) is 70.8 Å². The van der Waals surface area contributed by atoms with Crippen LogP contribution in [0.15, 0.2) is 6.33 Å². The number of nitrogens with zero attached hydrogens (tertiary/aromatic N) is 3. The Kier molecular flexibility index (Phi) is 1.64. The normalized spacial score (nSPS) is 9.56. The first-order valence-corrected chi connectivity index (χ1v) is 2.72. The number of rotatable bonds is 2. The molecule has 0 fully saturated rings. The van der Waals surface area contributed by atoms with Crippen molar-refractivity contribution >= 4 is 5.95 Å². The first-order chi connectivity index (χ1) is 4.34. The number of aromatic amines is 1. The third-order valence-corrected chi connectivity index (χ3v) is 1.02. The van der Waals surface area contributed by atoms with Crippen LogP contribution in [0.4, 0.5) is 5.95 Å². The van der Waals surface area contributed by atoms with Gasteiger partial charge in [0.25, 0.3) is 0 Å². The lowest BCUT2D eigenvalue weighted by Gasteiger charge is -2.09. The Morgan fingerprint density at radius 2 is 2.67 bits per heavy atom. The maximum Gasteiger partial charge on any atom is 0.235 e. The summed E-state index contributed by atoms with van der Waals surface area (Å²) < 4.78 is 0. The smallest absolute Gasteiger partial charge is 0.235 e. The maximum atomic E-state index is 5.44. The van der Waals surface area contributed by atoms with Gasteiger partial charge in [-0.1, -0.05) is 0 Å². The van der Waals surface area contributed by atoms with Crippen LogP contribution in [0.1, 0.15) is 6.92 Å². The number of hydrogen-bond acceptors (Lipinski definition) is 4. The molecule has 0 bridgehead atoms. The van der Waals surface area contributed by atoms with Crippen molar-refractivity contribution in [3.05, 3.63) is 6.33 Å². The van der Waals surface area contributed by atoms with Crippen molar-refractivity contribution in [1.29, 1.82) is 0 Å². The molecule has 0 unspecified atom stereocenters. The molecule has 0 saturated heterocycles. The summed E-state index contributed by atoms with van der Waals surface area (Å²) in [5.41, 5.74) is 0. The van der Waals surface area contributed by atoms with Gasteiger partial charge in [0.05, 0.1) is 0 Å². The van der Waals surface area contributed by atoms with Crippen molar-refractivity contribution in [2.45, 2.75) is 6.92 Å². The van der Waals surface area contributed by atoms with Gasteiger partial charge >= 0.3 is 0 Å². The number of nitrogens with two attached hydrogens (primary N) is 1. The highest BCUT2D eigenvalue weighted by molar-refractivity contribution is 5.22. The van der Waals surface area contributed by atoms with Crippen LogP contribution in [-0.4, -0.2) is 21.7 Å². The molecule has 0 aliphatic heterocycles. The standard InChI is InChI=1S/C4H9N5/c1-2-9(5)4-6-3-7-8-4/h3H,2,5H2,1H3,(H,6,7,8). The lowest BCUT2D eigenvalue weighted by molar-refractivity contribution is 0.843. The van der Waals surface area contributed by atoms with Gasteiger partial charge in [0.2, 0.25) is 5.95 Å². The van der Waals surface area contributed by atoms with E-state index >= 15 is 0 Å². The van der Waals surface area contributed by atoms with Gasteiger partial charge < -0.3 is 0 Å². The Balaban J connectivity index is 2.65. The van der Waals surface area contributed by atoms with Crippen LogP contribution in [0.2, 0.25) is 0 Å². The third-order valence-electron chi connectivity index (χ3n) is 1.02. The molecule has 0 aliphatic rings. The molecule has 0 amide bonds. The van der Waals surface area contributed by atoms with E-state index in [1.54, 1.807) is 0 Å².